The van der Waals surface area contributed by atoms with Gasteiger partial charge in [0, 0.05) is 13.1 Å². The fourth-order valence-electron chi connectivity index (χ4n) is 1.98. The standard InChI is InChI=1S/C11H9BrF3N3O2S/c12-8-7(11(13,14)15)17-10(21-8)18-2-5(3-18)9-16-1-6(4-19)20-9/h1,5,19H,2-4H2. The first-order chi connectivity index (χ1) is 9.88. The first-order valence-corrected chi connectivity index (χ1v) is 7.53. The highest BCUT2D eigenvalue weighted by Gasteiger charge is 2.40. The number of nitrogens with zero attached hydrogens (tertiary/aromatic N) is 3. The van der Waals surface area contributed by atoms with Gasteiger partial charge in [-0.3, -0.25) is 0 Å². The molecule has 1 N–H and O–H groups in total. The number of rotatable bonds is 3. The van der Waals surface area contributed by atoms with Crippen LogP contribution in [0.15, 0.2) is 14.4 Å². The van der Waals surface area contributed by atoms with E-state index in [0.29, 0.717) is 29.9 Å². The number of anilines is 1. The van der Waals surface area contributed by atoms with Gasteiger partial charge in [-0.2, -0.15) is 13.2 Å². The van der Waals surface area contributed by atoms with Crippen LogP contribution >= 0.6 is 27.3 Å². The van der Waals surface area contributed by atoms with E-state index >= 15 is 0 Å². The van der Waals surface area contributed by atoms with E-state index in [1.54, 1.807) is 4.90 Å². The Balaban J connectivity index is 1.69. The molecule has 0 saturated carbocycles. The zero-order valence-electron chi connectivity index (χ0n) is 10.4. The second kappa shape index (κ2) is 5.25. The van der Waals surface area contributed by atoms with Crippen LogP contribution in [0.3, 0.4) is 0 Å². The van der Waals surface area contributed by atoms with Crippen LogP contribution in [0.5, 0.6) is 0 Å². The third-order valence-corrected chi connectivity index (χ3v) is 4.84. The minimum atomic E-state index is -4.46. The van der Waals surface area contributed by atoms with Gasteiger partial charge < -0.3 is 14.4 Å². The van der Waals surface area contributed by atoms with Crippen LogP contribution in [-0.2, 0) is 12.8 Å². The van der Waals surface area contributed by atoms with Crippen LogP contribution in [0.1, 0.15) is 23.3 Å². The van der Waals surface area contributed by atoms with Crippen molar-refractivity contribution in [3.63, 3.8) is 0 Å². The number of aliphatic hydroxyl groups excluding tert-OH is 1. The zero-order valence-corrected chi connectivity index (χ0v) is 12.8. The van der Waals surface area contributed by atoms with E-state index in [9.17, 15) is 13.2 Å². The quantitative estimate of drug-likeness (QED) is 0.882. The zero-order chi connectivity index (χ0) is 15.2. The summed E-state index contributed by atoms with van der Waals surface area (Å²) in [6.45, 7) is 0.753. The van der Waals surface area contributed by atoms with Gasteiger partial charge in [0.1, 0.15) is 16.2 Å². The molecule has 0 spiro atoms. The van der Waals surface area contributed by atoms with Gasteiger partial charge in [-0.25, -0.2) is 9.97 Å². The lowest BCUT2D eigenvalue weighted by Crippen LogP contribution is -2.45. The van der Waals surface area contributed by atoms with Gasteiger partial charge >= 0.3 is 6.18 Å². The monoisotopic (exact) mass is 383 g/mol. The molecule has 0 aromatic carbocycles. The molecule has 0 amide bonds. The summed E-state index contributed by atoms with van der Waals surface area (Å²) in [5.74, 6) is 0.865. The Bertz CT molecular complexity index is 651. The molecule has 0 radical (unpaired) electrons. The van der Waals surface area contributed by atoms with Crippen molar-refractivity contribution < 1.29 is 22.7 Å². The molecule has 5 nitrogen and oxygen atoms in total. The molecule has 3 rings (SSSR count). The Kier molecular flexibility index (Phi) is 3.70. The van der Waals surface area contributed by atoms with Gasteiger partial charge in [0.15, 0.2) is 10.8 Å². The van der Waals surface area contributed by atoms with Gasteiger partial charge in [0.2, 0.25) is 5.89 Å². The highest BCUT2D eigenvalue weighted by Crippen LogP contribution is 2.42. The molecule has 2 aromatic heterocycles. The molecule has 1 fully saturated rings. The fourth-order valence-corrected chi connectivity index (χ4v) is 3.56. The molecule has 1 saturated heterocycles. The van der Waals surface area contributed by atoms with Crippen molar-refractivity contribution in [2.45, 2.75) is 18.7 Å². The molecule has 3 heterocycles. The number of aromatic nitrogens is 2. The number of oxazole rings is 1. The molecular weight excluding hydrogens is 375 g/mol. The largest absolute Gasteiger partial charge is 0.443 e. The average Bonchev–Trinajstić information content (AvgIpc) is 2.93. The molecule has 0 unspecified atom stereocenters. The maximum absolute atomic E-state index is 12.7. The van der Waals surface area contributed by atoms with Crippen molar-refractivity contribution in [1.29, 1.82) is 0 Å². The maximum atomic E-state index is 12.7. The van der Waals surface area contributed by atoms with Gasteiger partial charge in [0.25, 0.3) is 0 Å². The second-order valence-electron chi connectivity index (χ2n) is 4.54. The van der Waals surface area contributed by atoms with Crippen LogP contribution in [-0.4, -0.2) is 28.2 Å². The number of halogens is 4. The number of aliphatic hydroxyl groups is 1. The molecule has 1 aliphatic heterocycles. The Morgan fingerprint density at radius 2 is 2.19 bits per heavy atom. The van der Waals surface area contributed by atoms with Gasteiger partial charge in [-0.1, -0.05) is 11.3 Å². The van der Waals surface area contributed by atoms with E-state index in [-0.39, 0.29) is 16.3 Å². The van der Waals surface area contributed by atoms with Crippen molar-refractivity contribution in [3.8, 4) is 0 Å². The van der Waals surface area contributed by atoms with E-state index in [1.165, 1.54) is 6.20 Å². The molecule has 1 aliphatic rings. The predicted octanol–water partition coefficient (Wildman–Crippen LogP) is 3.01. The smallest absolute Gasteiger partial charge is 0.435 e. The van der Waals surface area contributed by atoms with E-state index in [0.717, 1.165) is 11.3 Å². The summed E-state index contributed by atoms with van der Waals surface area (Å²) in [4.78, 5) is 9.41. The molecule has 10 heteroatoms. The Morgan fingerprint density at radius 3 is 2.71 bits per heavy atom. The third-order valence-electron chi connectivity index (χ3n) is 3.07. The number of thiazole rings is 1. The van der Waals surface area contributed by atoms with Crippen molar-refractivity contribution in [2.24, 2.45) is 0 Å². The van der Waals surface area contributed by atoms with Gasteiger partial charge in [0.05, 0.1) is 12.1 Å². The summed E-state index contributed by atoms with van der Waals surface area (Å²) in [5.41, 5.74) is -0.898. The van der Waals surface area contributed by atoms with E-state index < -0.39 is 11.9 Å². The highest BCUT2D eigenvalue weighted by molar-refractivity contribution is 9.11. The minimum absolute atomic E-state index is 0.00214. The number of hydrogen-bond donors (Lipinski definition) is 1. The number of hydrogen-bond acceptors (Lipinski definition) is 6. The molecule has 0 aliphatic carbocycles. The molecular formula is C11H9BrF3N3O2S. The Morgan fingerprint density at radius 1 is 1.48 bits per heavy atom. The van der Waals surface area contributed by atoms with Crippen LogP contribution in [0.2, 0.25) is 0 Å². The van der Waals surface area contributed by atoms with Crippen LogP contribution in [0, 0.1) is 0 Å². The first-order valence-electron chi connectivity index (χ1n) is 5.92. The van der Waals surface area contributed by atoms with Crippen LogP contribution in [0.4, 0.5) is 18.3 Å². The highest BCUT2D eigenvalue weighted by atomic mass is 79.9. The lowest BCUT2D eigenvalue weighted by atomic mass is 10.0. The average molecular weight is 384 g/mol. The summed E-state index contributed by atoms with van der Waals surface area (Å²) < 4.78 is 43.3. The second-order valence-corrected chi connectivity index (χ2v) is 6.84. The lowest BCUT2D eigenvalue weighted by Gasteiger charge is -2.37. The van der Waals surface area contributed by atoms with E-state index in [2.05, 4.69) is 25.9 Å². The molecule has 2 aromatic rings. The lowest BCUT2D eigenvalue weighted by molar-refractivity contribution is -0.141. The first kappa shape index (κ1) is 14.8. The topological polar surface area (TPSA) is 62.4 Å². The maximum Gasteiger partial charge on any atom is 0.435 e. The Labute approximate surface area is 129 Å². The summed E-state index contributed by atoms with van der Waals surface area (Å²) >= 11 is 3.85. The Hall–Kier alpha value is -1.13. The summed E-state index contributed by atoms with van der Waals surface area (Å²) in [5, 5.41) is 9.22. The third kappa shape index (κ3) is 2.79. The van der Waals surface area contributed by atoms with Gasteiger partial charge in [-0.15, -0.1) is 0 Å². The molecule has 114 valence electrons. The summed E-state index contributed by atoms with van der Waals surface area (Å²) in [6, 6.07) is 0. The van der Waals surface area contributed by atoms with Crippen molar-refractivity contribution in [2.75, 3.05) is 18.0 Å². The predicted molar refractivity (Wildman–Crippen MR) is 72.2 cm³/mol. The van der Waals surface area contributed by atoms with Crippen molar-refractivity contribution in [1.82, 2.24) is 9.97 Å². The normalized spacial score (nSPS) is 16.3. The van der Waals surface area contributed by atoms with Crippen LogP contribution < -0.4 is 4.90 Å². The fraction of sp³-hybridized carbons (Fsp3) is 0.455. The molecule has 0 bridgehead atoms. The molecule has 21 heavy (non-hydrogen) atoms. The van der Waals surface area contributed by atoms with Crippen LogP contribution in [0.25, 0.3) is 0 Å². The van der Waals surface area contributed by atoms with Gasteiger partial charge in [-0.05, 0) is 15.9 Å². The SMILES string of the molecule is OCc1cnc(C2CN(c3nc(C(F)(F)F)c(Br)s3)C2)o1. The van der Waals surface area contributed by atoms with Crippen molar-refractivity contribution >= 4 is 32.4 Å². The van der Waals surface area contributed by atoms with Crippen molar-refractivity contribution in [3.05, 3.63) is 27.3 Å². The molecule has 0 atom stereocenters. The minimum Gasteiger partial charge on any atom is -0.443 e. The summed E-state index contributed by atoms with van der Waals surface area (Å²) in [7, 11) is 0. The summed E-state index contributed by atoms with van der Waals surface area (Å²) in [6.07, 6.45) is -3.02. The number of alkyl halides is 3. The van der Waals surface area contributed by atoms with E-state index in [1.807, 2.05) is 0 Å². The van der Waals surface area contributed by atoms with E-state index in [4.69, 9.17) is 9.52 Å².